The number of rotatable bonds is 7. The first-order valence-electron chi connectivity index (χ1n) is 6.77. The van der Waals surface area contributed by atoms with Gasteiger partial charge in [-0.25, -0.2) is 0 Å². The minimum Gasteiger partial charge on any atom is -0.356 e. The highest BCUT2D eigenvalue weighted by molar-refractivity contribution is 7.99. The minimum atomic E-state index is 0.600. The molecule has 2 N–H and O–H groups in total. The molecule has 4 heteroatoms. The van der Waals surface area contributed by atoms with Crippen LogP contribution in [0.15, 0.2) is 35.3 Å². The van der Waals surface area contributed by atoms with Gasteiger partial charge in [-0.2, -0.15) is 11.8 Å². The second-order valence-electron chi connectivity index (χ2n) is 4.52. The van der Waals surface area contributed by atoms with E-state index in [0.29, 0.717) is 5.25 Å². The fraction of sp³-hybridized carbons (Fsp3) is 0.533. The zero-order valence-electron chi connectivity index (χ0n) is 12.1. The summed E-state index contributed by atoms with van der Waals surface area (Å²) in [5.41, 5.74) is 1.39. The average Bonchev–Trinajstić information content (AvgIpc) is 2.47. The van der Waals surface area contributed by atoms with Gasteiger partial charge in [0.1, 0.15) is 0 Å². The number of benzene rings is 1. The maximum Gasteiger partial charge on any atom is 0.191 e. The summed E-state index contributed by atoms with van der Waals surface area (Å²) < 4.78 is 0. The van der Waals surface area contributed by atoms with Crippen LogP contribution in [0.2, 0.25) is 0 Å². The van der Waals surface area contributed by atoms with Gasteiger partial charge >= 0.3 is 0 Å². The van der Waals surface area contributed by atoms with Gasteiger partial charge in [0, 0.05) is 25.4 Å². The summed E-state index contributed by atoms with van der Waals surface area (Å²) in [5, 5.41) is 7.29. The Balaban J connectivity index is 2.16. The van der Waals surface area contributed by atoms with E-state index in [4.69, 9.17) is 0 Å². The molecule has 0 bridgehead atoms. The molecule has 0 radical (unpaired) electrons. The van der Waals surface area contributed by atoms with Crippen molar-refractivity contribution < 1.29 is 0 Å². The third-order valence-electron chi connectivity index (χ3n) is 2.96. The van der Waals surface area contributed by atoms with E-state index < -0.39 is 0 Å². The molecule has 0 aliphatic heterocycles. The predicted octanol–water partition coefficient (Wildman–Crippen LogP) is 2.54. The molecule has 0 aliphatic rings. The minimum absolute atomic E-state index is 0.600. The normalized spacial score (nSPS) is 13.1. The Morgan fingerprint density at radius 2 is 2.00 bits per heavy atom. The third kappa shape index (κ3) is 7.11. The van der Waals surface area contributed by atoms with E-state index in [1.165, 1.54) is 5.56 Å². The van der Waals surface area contributed by atoms with E-state index in [-0.39, 0.29) is 0 Å². The number of hydrogen-bond donors (Lipinski definition) is 2. The van der Waals surface area contributed by atoms with Crippen molar-refractivity contribution in [3.8, 4) is 0 Å². The first kappa shape index (κ1) is 15.9. The highest BCUT2D eigenvalue weighted by Crippen LogP contribution is 2.02. The van der Waals surface area contributed by atoms with E-state index in [9.17, 15) is 0 Å². The zero-order valence-corrected chi connectivity index (χ0v) is 13.0. The standard InChI is InChI=1S/C15H25N3S/c1-13(19-3)12-18-15(16-2)17-11-7-10-14-8-5-4-6-9-14/h4-6,8-9,13H,7,10-12H2,1-3H3,(H2,16,17,18). The molecule has 0 saturated carbocycles. The van der Waals surface area contributed by atoms with Crippen LogP contribution in [0.1, 0.15) is 18.9 Å². The Bertz CT molecular complexity index is 365. The lowest BCUT2D eigenvalue weighted by Gasteiger charge is -2.14. The lowest BCUT2D eigenvalue weighted by Crippen LogP contribution is -2.40. The number of nitrogens with zero attached hydrogens (tertiary/aromatic N) is 1. The quantitative estimate of drug-likeness (QED) is 0.457. The number of nitrogens with one attached hydrogen (secondary N) is 2. The number of aliphatic imine (C=N–C) groups is 1. The summed E-state index contributed by atoms with van der Waals surface area (Å²) in [5.74, 6) is 0.897. The molecule has 1 unspecified atom stereocenters. The number of aryl methyl sites for hydroxylation is 1. The van der Waals surface area contributed by atoms with Crippen LogP contribution < -0.4 is 10.6 Å². The molecule has 1 rings (SSSR count). The summed E-state index contributed by atoms with van der Waals surface area (Å²) in [6.45, 7) is 4.10. The van der Waals surface area contributed by atoms with Crippen molar-refractivity contribution in [3.63, 3.8) is 0 Å². The molecule has 1 atom stereocenters. The van der Waals surface area contributed by atoms with Gasteiger partial charge in [0.05, 0.1) is 0 Å². The Morgan fingerprint density at radius 1 is 1.26 bits per heavy atom. The average molecular weight is 279 g/mol. The lowest BCUT2D eigenvalue weighted by atomic mass is 10.1. The van der Waals surface area contributed by atoms with Crippen LogP contribution in [0, 0.1) is 0 Å². The van der Waals surface area contributed by atoms with Gasteiger partial charge in [0.25, 0.3) is 0 Å². The summed E-state index contributed by atoms with van der Waals surface area (Å²) >= 11 is 1.86. The van der Waals surface area contributed by atoms with E-state index in [1.54, 1.807) is 0 Å². The highest BCUT2D eigenvalue weighted by Gasteiger charge is 2.01. The third-order valence-corrected chi connectivity index (χ3v) is 3.93. The number of thioether (sulfide) groups is 1. The maximum absolute atomic E-state index is 4.22. The fourth-order valence-corrected chi connectivity index (χ4v) is 1.94. The molecule has 0 aliphatic carbocycles. The van der Waals surface area contributed by atoms with Crippen molar-refractivity contribution in [3.05, 3.63) is 35.9 Å². The largest absolute Gasteiger partial charge is 0.356 e. The smallest absolute Gasteiger partial charge is 0.191 e. The van der Waals surface area contributed by atoms with Crippen LogP contribution in [0.5, 0.6) is 0 Å². The summed E-state index contributed by atoms with van der Waals surface area (Å²) in [6.07, 6.45) is 4.34. The second kappa shape index (κ2) is 9.73. The predicted molar refractivity (Wildman–Crippen MR) is 87.1 cm³/mol. The Morgan fingerprint density at radius 3 is 2.63 bits per heavy atom. The SMILES string of the molecule is CN=C(NCCCc1ccccc1)NCC(C)SC. The van der Waals surface area contributed by atoms with Crippen LogP contribution in [-0.4, -0.2) is 37.6 Å². The molecular weight excluding hydrogens is 254 g/mol. The number of hydrogen-bond acceptors (Lipinski definition) is 2. The lowest BCUT2D eigenvalue weighted by molar-refractivity contribution is 0.738. The van der Waals surface area contributed by atoms with Gasteiger partial charge in [-0.1, -0.05) is 37.3 Å². The molecule has 0 aromatic heterocycles. The van der Waals surface area contributed by atoms with Crippen LogP contribution in [0.4, 0.5) is 0 Å². The number of guanidine groups is 1. The Kier molecular flexibility index (Phi) is 8.14. The van der Waals surface area contributed by atoms with Crippen molar-refractivity contribution in [1.82, 2.24) is 10.6 Å². The van der Waals surface area contributed by atoms with Crippen LogP contribution >= 0.6 is 11.8 Å². The van der Waals surface area contributed by atoms with Gasteiger partial charge in [0.2, 0.25) is 0 Å². The first-order valence-corrected chi connectivity index (χ1v) is 8.06. The second-order valence-corrected chi connectivity index (χ2v) is 5.79. The topological polar surface area (TPSA) is 36.4 Å². The molecule has 1 aromatic carbocycles. The maximum atomic E-state index is 4.22. The molecular formula is C15H25N3S. The van der Waals surface area contributed by atoms with Crippen molar-refractivity contribution >= 4 is 17.7 Å². The molecule has 0 amide bonds. The van der Waals surface area contributed by atoms with Gasteiger partial charge in [-0.3, -0.25) is 4.99 Å². The van der Waals surface area contributed by atoms with Crippen LogP contribution in [0.3, 0.4) is 0 Å². The van der Waals surface area contributed by atoms with Gasteiger partial charge in [-0.15, -0.1) is 0 Å². The van der Waals surface area contributed by atoms with Crippen molar-refractivity contribution in [2.24, 2.45) is 4.99 Å². The highest BCUT2D eigenvalue weighted by atomic mass is 32.2. The summed E-state index contributed by atoms with van der Waals surface area (Å²) in [7, 11) is 1.82. The van der Waals surface area contributed by atoms with Gasteiger partial charge < -0.3 is 10.6 Å². The van der Waals surface area contributed by atoms with E-state index >= 15 is 0 Å². The van der Waals surface area contributed by atoms with E-state index in [0.717, 1.165) is 31.9 Å². The summed E-state index contributed by atoms with van der Waals surface area (Å²) in [4.78, 5) is 4.22. The summed E-state index contributed by atoms with van der Waals surface area (Å²) in [6, 6.07) is 10.6. The fourth-order valence-electron chi connectivity index (χ4n) is 1.69. The molecule has 106 valence electrons. The van der Waals surface area contributed by atoms with E-state index in [2.05, 4.69) is 59.1 Å². The molecule has 1 aromatic rings. The Hall–Kier alpha value is -1.16. The first-order chi connectivity index (χ1) is 9.26. The monoisotopic (exact) mass is 279 g/mol. The van der Waals surface area contributed by atoms with Gasteiger partial charge in [0.15, 0.2) is 5.96 Å². The van der Waals surface area contributed by atoms with E-state index in [1.807, 2.05) is 18.8 Å². The van der Waals surface area contributed by atoms with Crippen molar-refractivity contribution in [2.75, 3.05) is 26.4 Å². The molecule has 3 nitrogen and oxygen atoms in total. The van der Waals surface area contributed by atoms with Crippen molar-refractivity contribution in [1.29, 1.82) is 0 Å². The molecule has 0 saturated heterocycles. The van der Waals surface area contributed by atoms with Crippen molar-refractivity contribution in [2.45, 2.75) is 25.0 Å². The molecule has 19 heavy (non-hydrogen) atoms. The molecule has 0 spiro atoms. The zero-order chi connectivity index (χ0) is 13.9. The molecule has 0 heterocycles. The van der Waals surface area contributed by atoms with Crippen LogP contribution in [0.25, 0.3) is 0 Å². The van der Waals surface area contributed by atoms with Crippen LogP contribution in [-0.2, 0) is 6.42 Å². The Labute approximate surface area is 121 Å². The van der Waals surface area contributed by atoms with Gasteiger partial charge in [-0.05, 0) is 24.7 Å². The molecule has 0 fully saturated rings.